The maximum absolute atomic E-state index is 12.8. The van der Waals surface area contributed by atoms with Crippen molar-refractivity contribution >= 4 is 81.1 Å². The van der Waals surface area contributed by atoms with Gasteiger partial charge in [-0.15, -0.1) is 0 Å². The molecule has 5 heterocycles. The number of aromatic amines is 1. The number of halogens is 6. The fourth-order valence-corrected chi connectivity index (χ4v) is 4.54. The highest BCUT2D eigenvalue weighted by Gasteiger charge is 2.33. The number of benzene rings is 1. The molecule has 1 amide bonds. The topological polar surface area (TPSA) is 247 Å². The molecule has 16 nitrogen and oxygen atoms in total. The van der Waals surface area contributed by atoms with Gasteiger partial charge < -0.3 is 16.0 Å². The Morgan fingerprint density at radius 2 is 1.41 bits per heavy atom. The zero-order chi connectivity index (χ0) is 42.2. The largest absolute Gasteiger partial charge is 0.433 e. The van der Waals surface area contributed by atoms with Crippen molar-refractivity contribution in [1.29, 1.82) is 0 Å². The van der Waals surface area contributed by atoms with E-state index in [1.165, 1.54) is 25.4 Å². The van der Waals surface area contributed by atoms with Crippen LogP contribution in [-0.4, -0.2) is 53.0 Å². The van der Waals surface area contributed by atoms with E-state index in [4.69, 9.17) is 59.7 Å². The van der Waals surface area contributed by atoms with E-state index >= 15 is 0 Å². The number of aromatic nitrogens is 6. The first-order valence-electron chi connectivity index (χ1n) is 15.0. The van der Waals surface area contributed by atoms with Crippen molar-refractivity contribution in [2.24, 2.45) is 0 Å². The molecule has 0 saturated heterocycles. The Bertz CT molecular complexity index is 2360. The number of alkyl halides is 3. The molecule has 0 atom stereocenters. The van der Waals surface area contributed by atoms with Gasteiger partial charge in [-0.3, -0.25) is 14.9 Å². The minimum absolute atomic E-state index is 0.0169. The molecule has 0 aliphatic heterocycles. The lowest BCUT2D eigenvalue weighted by Gasteiger charge is -2.11. The monoisotopic (exact) mass is 833 g/mol. The number of anilines is 2. The Balaban J connectivity index is 0.000000338. The third-order valence-corrected chi connectivity index (χ3v) is 7.70. The second-order valence-electron chi connectivity index (χ2n) is 10.5. The van der Waals surface area contributed by atoms with Gasteiger partial charge in [0.2, 0.25) is 0 Å². The third-order valence-electron chi connectivity index (χ3n) is 6.61. The zero-order valence-electron chi connectivity index (χ0n) is 28.8. The predicted octanol–water partition coefficient (Wildman–Crippen LogP) is 7.66. The normalized spacial score (nSPS) is 9.95. The highest BCUT2D eigenvalue weighted by molar-refractivity contribution is 6.32. The van der Waals surface area contributed by atoms with E-state index in [9.17, 15) is 28.1 Å². The standard InChI is InChI=1S/C20H13ClF3N5O.C6H5ClN2O2.C6H7ClN2.2CO2/c1-10-12(6-7-16(26-10)20(22,23)24)19(30)27-11-8-13(17(21)25-9-11)18-28-14-4-2-3-5-15(14)29-18;1-4-2-5(9(10)11)3-8-6(4)7;1-4-2-5(8)3-9-6(4)7;2*2-1-3/h2-9H,1H3,(H,27,30)(H,28,29);2-3H,1H3;2-3H,8H2,1H3;;. The Labute approximate surface area is 328 Å². The van der Waals surface area contributed by atoms with Gasteiger partial charge in [0.1, 0.15) is 33.2 Å². The van der Waals surface area contributed by atoms with Crippen LogP contribution in [0.5, 0.6) is 0 Å². The number of hydrogen-bond acceptors (Lipinski definition) is 13. The molecule has 0 spiro atoms. The predicted molar refractivity (Wildman–Crippen MR) is 195 cm³/mol. The average molecular weight is 835 g/mol. The van der Waals surface area contributed by atoms with Crippen molar-refractivity contribution in [2.75, 3.05) is 11.1 Å². The highest BCUT2D eigenvalue weighted by atomic mass is 35.5. The van der Waals surface area contributed by atoms with E-state index in [2.05, 4.69) is 35.2 Å². The molecule has 0 bridgehead atoms. The van der Waals surface area contributed by atoms with Crippen LogP contribution in [0.25, 0.3) is 22.4 Å². The summed E-state index contributed by atoms with van der Waals surface area (Å²) in [5.74, 6) is -0.148. The van der Waals surface area contributed by atoms with E-state index < -0.39 is 22.7 Å². The smallest absolute Gasteiger partial charge is 0.397 e. The molecule has 0 aliphatic rings. The number of hydrogen-bond donors (Lipinski definition) is 3. The van der Waals surface area contributed by atoms with Crippen LogP contribution in [0, 0.1) is 30.9 Å². The molecule has 0 radical (unpaired) electrons. The summed E-state index contributed by atoms with van der Waals surface area (Å²) < 4.78 is 38.3. The van der Waals surface area contributed by atoms with Crippen molar-refractivity contribution < 1.29 is 42.1 Å². The number of aryl methyl sites for hydroxylation is 3. The lowest BCUT2D eigenvalue weighted by Crippen LogP contribution is -2.16. The van der Waals surface area contributed by atoms with Crippen LogP contribution in [-0.2, 0) is 25.4 Å². The fourth-order valence-electron chi connectivity index (χ4n) is 4.14. The molecular weight excluding hydrogens is 810 g/mol. The van der Waals surface area contributed by atoms with Crippen LogP contribution in [0.1, 0.15) is 32.9 Å². The number of nitrogen functional groups attached to an aromatic ring is 1. The number of pyridine rings is 4. The minimum atomic E-state index is -4.58. The average Bonchev–Trinajstić information content (AvgIpc) is 3.57. The maximum atomic E-state index is 12.8. The number of rotatable bonds is 4. The first kappa shape index (κ1) is 45.5. The van der Waals surface area contributed by atoms with Gasteiger partial charge in [-0.2, -0.15) is 32.3 Å². The van der Waals surface area contributed by atoms with Gasteiger partial charge in [0.15, 0.2) is 0 Å². The van der Waals surface area contributed by atoms with Crippen molar-refractivity contribution in [2.45, 2.75) is 26.9 Å². The molecule has 0 aliphatic carbocycles. The third kappa shape index (κ3) is 13.7. The van der Waals surface area contributed by atoms with Crippen molar-refractivity contribution in [3.8, 4) is 11.4 Å². The summed E-state index contributed by atoms with van der Waals surface area (Å²) in [6.45, 7) is 4.87. The van der Waals surface area contributed by atoms with Crippen LogP contribution >= 0.6 is 34.8 Å². The Morgan fingerprint density at radius 1 is 0.839 bits per heavy atom. The number of nitrogens with zero attached hydrogens (tertiary/aromatic N) is 6. The molecule has 5 aromatic heterocycles. The number of H-pyrrole nitrogens is 1. The van der Waals surface area contributed by atoms with Gasteiger partial charge in [-0.1, -0.05) is 46.9 Å². The summed E-state index contributed by atoms with van der Waals surface area (Å²) in [6, 6.07) is 14.0. The molecule has 0 unspecified atom stereocenters. The Hall–Kier alpha value is -6.62. The van der Waals surface area contributed by atoms with E-state index in [0.717, 1.165) is 34.9 Å². The number of carbonyl (C=O) groups excluding carboxylic acids is 5. The molecule has 1 aromatic carbocycles. The van der Waals surface area contributed by atoms with Gasteiger partial charge in [0.25, 0.3) is 11.6 Å². The van der Waals surface area contributed by atoms with Crippen LogP contribution in [0.2, 0.25) is 15.5 Å². The number of nitrogens with one attached hydrogen (secondary N) is 2. The van der Waals surface area contributed by atoms with Crippen LogP contribution in [0.4, 0.5) is 30.2 Å². The number of carbonyl (C=O) groups is 1. The van der Waals surface area contributed by atoms with Gasteiger partial charge in [-0.25, -0.2) is 24.9 Å². The summed E-state index contributed by atoms with van der Waals surface area (Å²) in [5, 5.41) is 13.8. The quantitative estimate of drug-likeness (QED) is 0.0878. The molecule has 4 N–H and O–H groups in total. The molecule has 290 valence electrons. The minimum Gasteiger partial charge on any atom is -0.397 e. The Kier molecular flexibility index (Phi) is 17.3. The van der Waals surface area contributed by atoms with Crippen molar-refractivity contribution in [3.05, 3.63) is 127 Å². The van der Waals surface area contributed by atoms with Crippen molar-refractivity contribution in [1.82, 2.24) is 29.9 Å². The molecule has 22 heteroatoms. The van der Waals surface area contributed by atoms with Gasteiger partial charge >= 0.3 is 18.5 Å². The van der Waals surface area contributed by atoms with E-state index in [-0.39, 0.29) is 34.4 Å². The number of fused-ring (bicyclic) bond motifs is 1. The highest BCUT2D eigenvalue weighted by Crippen LogP contribution is 2.30. The fraction of sp³-hybridized carbons (Fsp3) is 0.118. The summed E-state index contributed by atoms with van der Waals surface area (Å²) in [5.41, 5.74) is 8.79. The molecule has 0 fully saturated rings. The van der Waals surface area contributed by atoms with E-state index in [1.807, 2.05) is 31.2 Å². The van der Waals surface area contributed by atoms with Crippen molar-refractivity contribution in [3.63, 3.8) is 0 Å². The second kappa shape index (κ2) is 21.3. The number of para-hydroxylation sites is 2. The van der Waals surface area contributed by atoms with Gasteiger partial charge in [0, 0.05) is 6.07 Å². The van der Waals surface area contributed by atoms with Crippen LogP contribution < -0.4 is 11.1 Å². The SMILES string of the molecule is Cc1cc(N)cnc1Cl.Cc1cc([N+](=O)[O-])cnc1Cl.Cc1nc(C(F)(F)F)ccc1C(=O)Nc1cnc(Cl)c(-c2nc3ccccc3[nH]2)c1.O=C=O.O=C=O. The summed E-state index contributed by atoms with van der Waals surface area (Å²) >= 11 is 17.4. The van der Waals surface area contributed by atoms with E-state index in [1.54, 1.807) is 19.1 Å². The first-order chi connectivity index (χ1) is 26.4. The number of nitro groups is 1. The lowest BCUT2D eigenvalue weighted by atomic mass is 10.1. The second-order valence-corrected chi connectivity index (χ2v) is 11.6. The lowest BCUT2D eigenvalue weighted by molar-refractivity contribution is -0.385. The molecule has 6 rings (SSSR count). The number of imidazole rings is 1. The number of nitrogens with two attached hydrogens (primary N) is 1. The summed E-state index contributed by atoms with van der Waals surface area (Å²) in [7, 11) is 0. The summed E-state index contributed by atoms with van der Waals surface area (Å²) in [4.78, 5) is 77.3. The molecular formula is C34H25Cl3F3N9O7. The van der Waals surface area contributed by atoms with Crippen LogP contribution in [0.3, 0.4) is 0 Å². The first-order valence-corrected chi connectivity index (χ1v) is 16.1. The molecule has 6 aromatic rings. The van der Waals surface area contributed by atoms with Gasteiger partial charge in [0.05, 0.1) is 56.5 Å². The molecule has 0 saturated carbocycles. The van der Waals surface area contributed by atoms with Gasteiger partial charge in [-0.05, 0) is 68.3 Å². The Morgan fingerprint density at radius 3 is 1.93 bits per heavy atom. The van der Waals surface area contributed by atoms with Crippen LogP contribution in [0.15, 0.2) is 73.2 Å². The van der Waals surface area contributed by atoms with E-state index in [0.29, 0.717) is 38.6 Å². The molecule has 56 heavy (non-hydrogen) atoms. The summed E-state index contributed by atoms with van der Waals surface area (Å²) in [6.07, 6.45) is -0.0642. The maximum Gasteiger partial charge on any atom is 0.433 e. The zero-order valence-corrected chi connectivity index (χ0v) is 31.1. The number of amides is 1.